The molecule has 12 heteroatoms. The van der Waals surface area contributed by atoms with Crippen LogP contribution in [0.3, 0.4) is 0 Å². The average Bonchev–Trinajstić information content (AvgIpc) is 3.28. The number of carbonyl (C=O) groups is 1. The van der Waals surface area contributed by atoms with Crippen molar-refractivity contribution >= 4 is 27.6 Å². The third-order valence-electron chi connectivity index (χ3n) is 5.44. The van der Waals surface area contributed by atoms with Crippen LogP contribution in [0.25, 0.3) is 11.5 Å². The molecule has 3 aromatic rings. The lowest BCUT2D eigenvalue weighted by Gasteiger charge is -2.30. The van der Waals surface area contributed by atoms with Gasteiger partial charge in [-0.25, -0.2) is 8.42 Å². The summed E-state index contributed by atoms with van der Waals surface area (Å²) < 4.78 is 32.4. The number of non-ortho nitro benzene ring substituents is 1. The van der Waals surface area contributed by atoms with Gasteiger partial charge >= 0.3 is 6.01 Å². The van der Waals surface area contributed by atoms with E-state index in [-0.39, 0.29) is 41.5 Å². The molecule has 11 nitrogen and oxygen atoms in total. The molecule has 33 heavy (non-hydrogen) atoms. The predicted molar refractivity (Wildman–Crippen MR) is 118 cm³/mol. The summed E-state index contributed by atoms with van der Waals surface area (Å²) >= 11 is 0. The van der Waals surface area contributed by atoms with E-state index in [2.05, 4.69) is 15.5 Å². The fourth-order valence-electron chi connectivity index (χ4n) is 3.57. The van der Waals surface area contributed by atoms with E-state index in [0.717, 1.165) is 5.56 Å². The fourth-order valence-corrected chi connectivity index (χ4v) is 5.04. The molecular weight excluding hydrogens is 450 g/mol. The van der Waals surface area contributed by atoms with E-state index in [1.54, 1.807) is 30.3 Å². The Labute approximate surface area is 189 Å². The van der Waals surface area contributed by atoms with Crippen LogP contribution in [0.15, 0.2) is 57.8 Å². The first kappa shape index (κ1) is 22.6. The summed E-state index contributed by atoms with van der Waals surface area (Å²) in [7, 11) is -3.61. The number of nitrogens with one attached hydrogen (secondary N) is 1. The second-order valence-electron chi connectivity index (χ2n) is 7.70. The first-order valence-electron chi connectivity index (χ1n) is 10.2. The summed E-state index contributed by atoms with van der Waals surface area (Å²) in [5.41, 5.74) is 1.20. The van der Waals surface area contributed by atoms with Gasteiger partial charge in [-0.05, 0) is 38.0 Å². The topological polar surface area (TPSA) is 149 Å². The normalized spacial score (nSPS) is 15.3. The molecule has 4 rings (SSSR count). The number of amides is 1. The van der Waals surface area contributed by atoms with Crippen LogP contribution in [-0.4, -0.2) is 46.8 Å². The van der Waals surface area contributed by atoms with Crippen LogP contribution >= 0.6 is 0 Å². The van der Waals surface area contributed by atoms with Crippen LogP contribution in [-0.2, 0) is 14.8 Å². The van der Waals surface area contributed by atoms with Gasteiger partial charge in [0, 0.05) is 36.7 Å². The maximum atomic E-state index is 12.8. The minimum atomic E-state index is -3.61. The van der Waals surface area contributed by atoms with Crippen molar-refractivity contribution in [3.05, 3.63) is 64.2 Å². The standard InChI is InChI=1S/C21H21N5O6S/c1-14-5-7-18(8-6-14)33(30,31)25-11-9-15(10-12-25)19(27)22-21-24-23-20(32-21)16-3-2-4-17(13-16)26(28)29/h2-8,13,15H,9-12H2,1H3,(H,22,24,27). The lowest BCUT2D eigenvalue weighted by Crippen LogP contribution is -2.41. The number of benzene rings is 2. The zero-order valence-corrected chi connectivity index (χ0v) is 18.5. The number of aromatic nitrogens is 2. The monoisotopic (exact) mass is 471 g/mol. The number of hydrogen-bond acceptors (Lipinski definition) is 8. The number of sulfonamides is 1. The van der Waals surface area contributed by atoms with Crippen molar-refractivity contribution in [3.63, 3.8) is 0 Å². The zero-order chi connectivity index (χ0) is 23.6. The van der Waals surface area contributed by atoms with Crippen molar-refractivity contribution in [1.82, 2.24) is 14.5 Å². The quantitative estimate of drug-likeness (QED) is 0.426. The molecule has 0 aliphatic carbocycles. The molecule has 0 unspecified atom stereocenters. The van der Waals surface area contributed by atoms with E-state index >= 15 is 0 Å². The van der Waals surface area contributed by atoms with E-state index in [1.807, 2.05) is 6.92 Å². The molecule has 0 bridgehead atoms. The van der Waals surface area contributed by atoms with Gasteiger partial charge in [0.25, 0.3) is 5.69 Å². The molecule has 172 valence electrons. The molecule has 1 aromatic heterocycles. The summed E-state index contributed by atoms with van der Waals surface area (Å²) in [6.07, 6.45) is 0.700. The Kier molecular flexibility index (Phi) is 6.20. The SMILES string of the molecule is Cc1ccc(S(=O)(=O)N2CCC(C(=O)Nc3nnc(-c4cccc([N+](=O)[O-])c4)o3)CC2)cc1. The first-order valence-corrected chi connectivity index (χ1v) is 11.6. The number of rotatable bonds is 6. The molecule has 1 saturated heterocycles. The van der Waals surface area contributed by atoms with Crippen LogP contribution in [0, 0.1) is 23.0 Å². The summed E-state index contributed by atoms with van der Waals surface area (Å²) in [5, 5.41) is 21.1. The number of hydrogen-bond donors (Lipinski definition) is 1. The van der Waals surface area contributed by atoms with Gasteiger partial charge in [-0.2, -0.15) is 4.31 Å². The van der Waals surface area contributed by atoms with Crippen molar-refractivity contribution in [1.29, 1.82) is 0 Å². The highest BCUT2D eigenvalue weighted by Gasteiger charge is 2.32. The van der Waals surface area contributed by atoms with E-state index in [4.69, 9.17) is 4.42 Å². The van der Waals surface area contributed by atoms with Crippen LogP contribution in [0.1, 0.15) is 18.4 Å². The van der Waals surface area contributed by atoms with Gasteiger partial charge in [0.05, 0.1) is 9.82 Å². The third-order valence-corrected chi connectivity index (χ3v) is 7.36. The smallest absolute Gasteiger partial charge is 0.322 e. The molecule has 0 saturated carbocycles. The molecule has 2 aromatic carbocycles. The van der Waals surface area contributed by atoms with Gasteiger partial charge in [-0.15, -0.1) is 5.10 Å². The van der Waals surface area contributed by atoms with Crippen LogP contribution in [0.2, 0.25) is 0 Å². The maximum Gasteiger partial charge on any atom is 0.322 e. The zero-order valence-electron chi connectivity index (χ0n) is 17.7. The van der Waals surface area contributed by atoms with Gasteiger partial charge < -0.3 is 4.42 Å². The van der Waals surface area contributed by atoms with Crippen molar-refractivity contribution < 1.29 is 22.6 Å². The molecule has 0 radical (unpaired) electrons. The van der Waals surface area contributed by atoms with E-state index in [0.29, 0.717) is 18.4 Å². The third kappa shape index (κ3) is 4.91. The Hall–Kier alpha value is -3.64. The van der Waals surface area contributed by atoms with Gasteiger partial charge in [0.1, 0.15) is 0 Å². The first-order chi connectivity index (χ1) is 15.7. The lowest BCUT2D eigenvalue weighted by molar-refractivity contribution is -0.384. The highest BCUT2D eigenvalue weighted by molar-refractivity contribution is 7.89. The predicted octanol–water partition coefficient (Wildman–Crippen LogP) is 2.99. The van der Waals surface area contributed by atoms with Crippen LogP contribution in [0.4, 0.5) is 11.7 Å². The molecule has 2 heterocycles. The number of nitro benzene ring substituents is 1. The van der Waals surface area contributed by atoms with Gasteiger partial charge in [0.2, 0.25) is 21.8 Å². The highest BCUT2D eigenvalue weighted by Crippen LogP contribution is 2.27. The molecule has 1 aliphatic heterocycles. The van der Waals surface area contributed by atoms with Gasteiger partial charge in [-0.3, -0.25) is 20.2 Å². The van der Waals surface area contributed by atoms with Crippen LogP contribution in [0.5, 0.6) is 0 Å². The minimum Gasteiger partial charge on any atom is -0.403 e. The van der Waals surface area contributed by atoms with E-state index in [9.17, 15) is 23.3 Å². The van der Waals surface area contributed by atoms with Gasteiger partial charge in [0.15, 0.2) is 0 Å². The van der Waals surface area contributed by atoms with Crippen LogP contribution < -0.4 is 5.32 Å². The number of nitro groups is 1. The van der Waals surface area contributed by atoms with Crippen molar-refractivity contribution in [2.45, 2.75) is 24.7 Å². The summed E-state index contributed by atoms with van der Waals surface area (Å²) in [6, 6.07) is 12.2. The molecule has 1 fully saturated rings. The summed E-state index contributed by atoms with van der Waals surface area (Å²) in [6.45, 7) is 2.32. The largest absolute Gasteiger partial charge is 0.403 e. The van der Waals surface area contributed by atoms with Gasteiger partial charge in [-0.1, -0.05) is 28.9 Å². The Morgan fingerprint density at radius 1 is 1.15 bits per heavy atom. The number of anilines is 1. The molecule has 1 N–H and O–H groups in total. The Bertz CT molecular complexity index is 1280. The lowest BCUT2D eigenvalue weighted by atomic mass is 9.97. The second-order valence-corrected chi connectivity index (χ2v) is 9.64. The minimum absolute atomic E-state index is 0.0352. The highest BCUT2D eigenvalue weighted by atomic mass is 32.2. The van der Waals surface area contributed by atoms with Crippen molar-refractivity contribution in [2.24, 2.45) is 5.92 Å². The van der Waals surface area contributed by atoms with E-state index in [1.165, 1.54) is 22.5 Å². The Balaban J connectivity index is 1.37. The Morgan fingerprint density at radius 2 is 1.85 bits per heavy atom. The van der Waals surface area contributed by atoms with E-state index < -0.39 is 20.9 Å². The number of nitrogens with zero attached hydrogens (tertiary/aromatic N) is 4. The van der Waals surface area contributed by atoms with Crippen molar-refractivity contribution in [3.8, 4) is 11.5 Å². The average molecular weight is 471 g/mol. The maximum absolute atomic E-state index is 12.8. The molecule has 0 spiro atoms. The number of carbonyl (C=O) groups excluding carboxylic acids is 1. The van der Waals surface area contributed by atoms with Crippen molar-refractivity contribution in [2.75, 3.05) is 18.4 Å². The number of piperidine rings is 1. The number of aryl methyl sites for hydroxylation is 1. The molecule has 1 aliphatic rings. The molecule has 1 amide bonds. The summed E-state index contributed by atoms with van der Waals surface area (Å²) in [4.78, 5) is 23.3. The Morgan fingerprint density at radius 3 is 2.52 bits per heavy atom. The molecule has 0 atom stereocenters. The molecular formula is C21H21N5O6S. The second kappa shape index (κ2) is 9.08. The summed E-state index contributed by atoms with van der Waals surface area (Å²) in [5.74, 6) is -0.729. The fraction of sp³-hybridized carbons (Fsp3) is 0.286.